The number of nitrogens with zero attached hydrogens (tertiary/aromatic N) is 2. The SMILES string of the molecule is CNC(C)C(C)c1nc(CSc2cccc(Cl)c2)no1. The van der Waals surface area contributed by atoms with Crippen LogP contribution in [0.4, 0.5) is 0 Å². The Morgan fingerprint density at radius 1 is 1.40 bits per heavy atom. The van der Waals surface area contributed by atoms with Gasteiger partial charge in [-0.15, -0.1) is 11.8 Å². The highest BCUT2D eigenvalue weighted by Gasteiger charge is 2.19. The minimum absolute atomic E-state index is 0.192. The van der Waals surface area contributed by atoms with Crippen LogP contribution in [0.25, 0.3) is 0 Å². The highest BCUT2D eigenvalue weighted by atomic mass is 35.5. The molecule has 1 aromatic carbocycles. The lowest BCUT2D eigenvalue weighted by Gasteiger charge is -2.14. The van der Waals surface area contributed by atoms with Crippen molar-refractivity contribution in [3.8, 4) is 0 Å². The van der Waals surface area contributed by atoms with Gasteiger partial charge in [0, 0.05) is 16.0 Å². The van der Waals surface area contributed by atoms with Crippen LogP contribution in [-0.2, 0) is 5.75 Å². The van der Waals surface area contributed by atoms with Gasteiger partial charge in [0.05, 0.1) is 11.7 Å². The number of likely N-dealkylation sites (N-methyl/N-ethyl adjacent to an activating group) is 1. The Labute approximate surface area is 128 Å². The zero-order chi connectivity index (χ0) is 14.5. The number of nitrogens with one attached hydrogen (secondary N) is 1. The number of thioether (sulfide) groups is 1. The summed E-state index contributed by atoms with van der Waals surface area (Å²) in [6.07, 6.45) is 0. The molecule has 0 aliphatic heterocycles. The van der Waals surface area contributed by atoms with Crippen LogP contribution in [0.3, 0.4) is 0 Å². The van der Waals surface area contributed by atoms with Gasteiger partial charge in [-0.1, -0.05) is 29.7 Å². The fourth-order valence-electron chi connectivity index (χ4n) is 1.68. The lowest BCUT2D eigenvalue weighted by Crippen LogP contribution is -2.27. The highest BCUT2D eigenvalue weighted by molar-refractivity contribution is 7.98. The topological polar surface area (TPSA) is 51.0 Å². The Morgan fingerprint density at radius 3 is 2.90 bits per heavy atom. The van der Waals surface area contributed by atoms with E-state index in [0.29, 0.717) is 23.5 Å². The van der Waals surface area contributed by atoms with Gasteiger partial charge in [0.1, 0.15) is 0 Å². The zero-order valence-electron chi connectivity index (χ0n) is 11.8. The number of hydrogen-bond acceptors (Lipinski definition) is 5. The molecule has 0 amide bonds. The molecule has 0 saturated carbocycles. The van der Waals surface area contributed by atoms with Gasteiger partial charge in [-0.3, -0.25) is 0 Å². The third-order valence-corrected chi connectivity index (χ3v) is 4.47. The van der Waals surface area contributed by atoms with Crippen molar-refractivity contribution in [2.45, 2.75) is 36.5 Å². The Bertz CT molecular complexity index is 561. The molecule has 2 rings (SSSR count). The minimum Gasteiger partial charge on any atom is -0.339 e. The van der Waals surface area contributed by atoms with Crippen molar-refractivity contribution in [3.63, 3.8) is 0 Å². The molecule has 108 valence electrons. The monoisotopic (exact) mass is 311 g/mol. The summed E-state index contributed by atoms with van der Waals surface area (Å²) in [6, 6.07) is 8.04. The maximum atomic E-state index is 5.95. The smallest absolute Gasteiger partial charge is 0.231 e. The lowest BCUT2D eigenvalue weighted by molar-refractivity contribution is 0.334. The summed E-state index contributed by atoms with van der Waals surface area (Å²) < 4.78 is 5.32. The van der Waals surface area contributed by atoms with E-state index in [4.69, 9.17) is 16.1 Å². The summed E-state index contributed by atoms with van der Waals surface area (Å²) in [5.41, 5.74) is 0. The molecule has 0 radical (unpaired) electrons. The van der Waals surface area contributed by atoms with Gasteiger partial charge < -0.3 is 9.84 Å². The molecule has 0 bridgehead atoms. The molecular weight excluding hydrogens is 294 g/mol. The average Bonchev–Trinajstić information content (AvgIpc) is 2.92. The molecule has 2 aromatic rings. The third kappa shape index (κ3) is 3.98. The lowest BCUT2D eigenvalue weighted by atomic mass is 10.0. The molecule has 4 nitrogen and oxygen atoms in total. The van der Waals surface area contributed by atoms with Crippen molar-refractivity contribution >= 4 is 23.4 Å². The first kappa shape index (κ1) is 15.4. The molecule has 1 heterocycles. The van der Waals surface area contributed by atoms with Gasteiger partial charge in [0.2, 0.25) is 5.89 Å². The Kier molecular flexibility index (Phi) is 5.46. The second-order valence-corrected chi connectivity index (χ2v) is 6.15. The van der Waals surface area contributed by atoms with Crippen LogP contribution in [0, 0.1) is 0 Å². The van der Waals surface area contributed by atoms with Gasteiger partial charge in [-0.25, -0.2) is 0 Å². The predicted octanol–water partition coefficient (Wildman–Crippen LogP) is 3.73. The van der Waals surface area contributed by atoms with Gasteiger partial charge in [0.15, 0.2) is 5.82 Å². The van der Waals surface area contributed by atoms with E-state index in [9.17, 15) is 0 Å². The average molecular weight is 312 g/mol. The molecule has 6 heteroatoms. The largest absolute Gasteiger partial charge is 0.339 e. The van der Waals surface area contributed by atoms with Crippen LogP contribution in [0.15, 0.2) is 33.7 Å². The number of benzene rings is 1. The molecule has 1 aromatic heterocycles. The standard InChI is InChI=1S/C14H18ClN3OS/c1-9(10(2)16-3)14-17-13(18-19-14)8-20-12-6-4-5-11(15)7-12/h4-7,9-10,16H,8H2,1-3H3. The Hall–Kier alpha value is -1.04. The van der Waals surface area contributed by atoms with Crippen LogP contribution >= 0.6 is 23.4 Å². The minimum atomic E-state index is 0.192. The predicted molar refractivity (Wildman–Crippen MR) is 82.2 cm³/mol. The molecular formula is C14H18ClN3OS. The van der Waals surface area contributed by atoms with E-state index in [1.807, 2.05) is 31.3 Å². The first-order chi connectivity index (χ1) is 9.60. The van der Waals surface area contributed by atoms with Crippen molar-refractivity contribution in [1.82, 2.24) is 15.5 Å². The van der Waals surface area contributed by atoms with Crippen LogP contribution < -0.4 is 5.32 Å². The van der Waals surface area contributed by atoms with E-state index in [-0.39, 0.29) is 5.92 Å². The first-order valence-electron chi connectivity index (χ1n) is 6.48. The Balaban J connectivity index is 1.96. The van der Waals surface area contributed by atoms with Crippen molar-refractivity contribution in [2.75, 3.05) is 7.05 Å². The first-order valence-corrected chi connectivity index (χ1v) is 7.84. The number of aromatic nitrogens is 2. The van der Waals surface area contributed by atoms with E-state index in [0.717, 1.165) is 9.92 Å². The molecule has 2 unspecified atom stereocenters. The van der Waals surface area contributed by atoms with Crippen LogP contribution in [0.1, 0.15) is 31.5 Å². The molecule has 0 aliphatic rings. The fraction of sp³-hybridized carbons (Fsp3) is 0.429. The molecule has 2 atom stereocenters. The number of hydrogen-bond donors (Lipinski definition) is 1. The van der Waals surface area contributed by atoms with E-state index in [2.05, 4.69) is 29.3 Å². The third-order valence-electron chi connectivity index (χ3n) is 3.24. The molecule has 0 aliphatic carbocycles. The summed E-state index contributed by atoms with van der Waals surface area (Å²) in [7, 11) is 1.92. The summed E-state index contributed by atoms with van der Waals surface area (Å²) in [4.78, 5) is 5.54. The number of rotatable bonds is 6. The molecule has 0 spiro atoms. The van der Waals surface area contributed by atoms with Crippen molar-refractivity contribution in [1.29, 1.82) is 0 Å². The quantitative estimate of drug-likeness (QED) is 0.824. The Morgan fingerprint density at radius 2 is 2.20 bits per heavy atom. The summed E-state index contributed by atoms with van der Waals surface area (Å²) in [5.74, 6) is 2.25. The van der Waals surface area contributed by atoms with Crippen molar-refractivity contribution in [2.24, 2.45) is 0 Å². The van der Waals surface area contributed by atoms with Crippen molar-refractivity contribution in [3.05, 3.63) is 41.0 Å². The van der Waals surface area contributed by atoms with Crippen molar-refractivity contribution < 1.29 is 4.52 Å². The molecule has 1 N–H and O–H groups in total. The summed E-state index contributed by atoms with van der Waals surface area (Å²) in [5, 5.41) is 7.95. The maximum Gasteiger partial charge on any atom is 0.231 e. The van der Waals surface area contributed by atoms with Crippen LogP contribution in [0.2, 0.25) is 5.02 Å². The second kappa shape index (κ2) is 7.11. The number of halogens is 1. The van der Waals surface area contributed by atoms with Crippen LogP contribution in [-0.4, -0.2) is 23.2 Å². The van der Waals surface area contributed by atoms with Gasteiger partial charge in [-0.2, -0.15) is 4.98 Å². The van der Waals surface area contributed by atoms with Gasteiger partial charge in [0.25, 0.3) is 0 Å². The fourth-order valence-corrected chi connectivity index (χ4v) is 2.73. The van der Waals surface area contributed by atoms with E-state index in [1.54, 1.807) is 11.8 Å². The molecule has 0 fully saturated rings. The van der Waals surface area contributed by atoms with E-state index in [1.165, 1.54) is 0 Å². The second-order valence-electron chi connectivity index (χ2n) is 4.66. The highest BCUT2D eigenvalue weighted by Crippen LogP contribution is 2.25. The zero-order valence-corrected chi connectivity index (χ0v) is 13.3. The summed E-state index contributed by atoms with van der Waals surface area (Å²) in [6.45, 7) is 4.16. The van der Waals surface area contributed by atoms with E-state index >= 15 is 0 Å². The van der Waals surface area contributed by atoms with Gasteiger partial charge >= 0.3 is 0 Å². The van der Waals surface area contributed by atoms with Gasteiger partial charge in [-0.05, 0) is 32.2 Å². The summed E-state index contributed by atoms with van der Waals surface area (Å²) >= 11 is 7.59. The van der Waals surface area contributed by atoms with Crippen LogP contribution in [0.5, 0.6) is 0 Å². The normalized spacial score (nSPS) is 14.2. The van der Waals surface area contributed by atoms with E-state index < -0.39 is 0 Å². The molecule has 0 saturated heterocycles. The maximum absolute atomic E-state index is 5.95. The molecule has 20 heavy (non-hydrogen) atoms.